The minimum Gasteiger partial charge on any atom is -0.376 e. The maximum atomic E-state index is 12.7. The lowest BCUT2D eigenvalue weighted by molar-refractivity contribution is -0.127. The Bertz CT molecular complexity index is 736. The molecule has 1 aliphatic carbocycles. The first-order valence-electron chi connectivity index (χ1n) is 10.1. The van der Waals surface area contributed by atoms with Gasteiger partial charge in [0.1, 0.15) is 12.1 Å². The Kier molecular flexibility index (Phi) is 7.36. The van der Waals surface area contributed by atoms with Crippen LogP contribution in [0.4, 0.5) is 5.82 Å². The molecule has 2 aromatic heterocycles. The Hall–Kier alpha value is -2.48. The molecule has 3 atom stereocenters. The van der Waals surface area contributed by atoms with Crippen molar-refractivity contribution in [2.45, 2.75) is 58.1 Å². The van der Waals surface area contributed by atoms with Crippen LogP contribution in [0.3, 0.4) is 0 Å². The molecule has 152 valence electrons. The standard InChI is InChI=1S/C20H30N6O2/c1-3-8-28-18-5-4-16(20(27)21-7-6-15-11-24-25-12-15)10-17(18)26-19-9-14(2)22-13-23-19/h9,11-13,16-18H,3-8,10H2,1-2H3,(H,21,27)(H,24,25)(H,22,23,26)/t16-,17+,18+/m0/s1. The number of aryl methyl sites for hydroxylation is 1. The summed E-state index contributed by atoms with van der Waals surface area (Å²) in [6, 6.07) is 1.98. The van der Waals surface area contributed by atoms with Crippen molar-refractivity contribution in [3.8, 4) is 0 Å². The number of aromatic nitrogens is 4. The Morgan fingerprint density at radius 3 is 3.00 bits per heavy atom. The Morgan fingerprint density at radius 2 is 2.25 bits per heavy atom. The van der Waals surface area contributed by atoms with Crippen molar-refractivity contribution in [1.29, 1.82) is 0 Å². The quantitative estimate of drug-likeness (QED) is 0.610. The average molecular weight is 387 g/mol. The molecule has 1 aliphatic rings. The summed E-state index contributed by atoms with van der Waals surface area (Å²) >= 11 is 0. The van der Waals surface area contributed by atoms with Gasteiger partial charge in [-0.3, -0.25) is 9.89 Å². The normalized spacial score (nSPS) is 22.0. The van der Waals surface area contributed by atoms with E-state index in [9.17, 15) is 4.79 Å². The van der Waals surface area contributed by atoms with E-state index in [0.717, 1.165) is 55.8 Å². The van der Waals surface area contributed by atoms with Gasteiger partial charge in [-0.2, -0.15) is 5.10 Å². The first-order valence-corrected chi connectivity index (χ1v) is 10.1. The third kappa shape index (κ3) is 5.76. The fourth-order valence-corrected chi connectivity index (χ4v) is 3.61. The van der Waals surface area contributed by atoms with E-state index in [0.29, 0.717) is 6.54 Å². The Morgan fingerprint density at radius 1 is 1.36 bits per heavy atom. The van der Waals surface area contributed by atoms with E-state index >= 15 is 0 Å². The van der Waals surface area contributed by atoms with Crippen LogP contribution in [-0.2, 0) is 16.0 Å². The molecule has 0 spiro atoms. The molecule has 0 aromatic carbocycles. The van der Waals surface area contributed by atoms with Gasteiger partial charge in [-0.1, -0.05) is 6.92 Å². The molecule has 3 N–H and O–H groups in total. The van der Waals surface area contributed by atoms with Gasteiger partial charge < -0.3 is 15.4 Å². The number of amides is 1. The summed E-state index contributed by atoms with van der Waals surface area (Å²) in [4.78, 5) is 21.1. The molecule has 0 aliphatic heterocycles. The summed E-state index contributed by atoms with van der Waals surface area (Å²) in [5.41, 5.74) is 2.00. The molecule has 8 heteroatoms. The highest BCUT2D eigenvalue weighted by Crippen LogP contribution is 2.29. The lowest BCUT2D eigenvalue weighted by Crippen LogP contribution is -2.45. The third-order valence-corrected chi connectivity index (χ3v) is 5.10. The van der Waals surface area contributed by atoms with Gasteiger partial charge in [-0.15, -0.1) is 0 Å². The molecule has 0 bridgehead atoms. The van der Waals surface area contributed by atoms with E-state index in [4.69, 9.17) is 4.74 Å². The fraction of sp³-hybridized carbons (Fsp3) is 0.600. The zero-order valence-corrected chi connectivity index (χ0v) is 16.6. The van der Waals surface area contributed by atoms with Crippen molar-refractivity contribution in [3.63, 3.8) is 0 Å². The number of nitrogens with one attached hydrogen (secondary N) is 3. The van der Waals surface area contributed by atoms with E-state index in [-0.39, 0.29) is 24.0 Å². The van der Waals surface area contributed by atoms with Crippen molar-refractivity contribution in [1.82, 2.24) is 25.5 Å². The molecule has 0 unspecified atom stereocenters. The van der Waals surface area contributed by atoms with E-state index in [1.165, 1.54) is 0 Å². The van der Waals surface area contributed by atoms with Crippen LogP contribution in [0.15, 0.2) is 24.8 Å². The van der Waals surface area contributed by atoms with E-state index < -0.39 is 0 Å². The second-order valence-electron chi connectivity index (χ2n) is 7.36. The number of hydrogen-bond acceptors (Lipinski definition) is 6. The molecule has 0 saturated heterocycles. The number of carbonyl (C=O) groups excluding carboxylic acids is 1. The number of H-pyrrole nitrogens is 1. The molecule has 0 radical (unpaired) electrons. The summed E-state index contributed by atoms with van der Waals surface area (Å²) in [6.45, 7) is 5.39. The number of ether oxygens (including phenoxy) is 1. The molecule has 2 aromatic rings. The minimum absolute atomic E-state index is 0.0220. The van der Waals surface area contributed by atoms with Crippen LogP contribution in [0.1, 0.15) is 43.9 Å². The lowest BCUT2D eigenvalue weighted by Gasteiger charge is -2.36. The molecule has 1 saturated carbocycles. The zero-order valence-electron chi connectivity index (χ0n) is 16.6. The first-order chi connectivity index (χ1) is 13.7. The molecule has 1 amide bonds. The highest BCUT2D eigenvalue weighted by molar-refractivity contribution is 5.78. The Balaban J connectivity index is 1.57. The minimum atomic E-state index is -0.0220. The summed E-state index contributed by atoms with van der Waals surface area (Å²) in [7, 11) is 0. The van der Waals surface area contributed by atoms with E-state index in [2.05, 4.69) is 37.7 Å². The Labute approximate surface area is 165 Å². The number of anilines is 1. The smallest absolute Gasteiger partial charge is 0.223 e. The summed E-state index contributed by atoms with van der Waals surface area (Å²) in [5, 5.41) is 13.3. The highest BCUT2D eigenvalue weighted by Gasteiger charge is 2.34. The first kappa shape index (κ1) is 20.3. The van der Waals surface area contributed by atoms with Crippen molar-refractivity contribution < 1.29 is 9.53 Å². The molecule has 2 heterocycles. The second kappa shape index (κ2) is 10.2. The van der Waals surface area contributed by atoms with Gasteiger partial charge in [0.2, 0.25) is 5.91 Å². The predicted molar refractivity (Wildman–Crippen MR) is 107 cm³/mol. The van der Waals surface area contributed by atoms with Gasteiger partial charge in [-0.05, 0) is 44.6 Å². The number of nitrogens with zero attached hydrogens (tertiary/aromatic N) is 3. The van der Waals surface area contributed by atoms with Gasteiger partial charge in [0.25, 0.3) is 0 Å². The van der Waals surface area contributed by atoms with Crippen LogP contribution in [0.25, 0.3) is 0 Å². The van der Waals surface area contributed by atoms with Gasteiger partial charge >= 0.3 is 0 Å². The maximum Gasteiger partial charge on any atom is 0.223 e. The highest BCUT2D eigenvalue weighted by atomic mass is 16.5. The summed E-state index contributed by atoms with van der Waals surface area (Å²) < 4.78 is 6.06. The number of carbonyl (C=O) groups is 1. The molecular formula is C20H30N6O2. The monoisotopic (exact) mass is 386 g/mol. The molecule has 8 nitrogen and oxygen atoms in total. The van der Waals surface area contributed by atoms with Gasteiger partial charge in [-0.25, -0.2) is 9.97 Å². The third-order valence-electron chi connectivity index (χ3n) is 5.10. The second-order valence-corrected chi connectivity index (χ2v) is 7.36. The predicted octanol–water partition coefficient (Wildman–Crippen LogP) is 2.24. The van der Waals surface area contributed by atoms with Crippen molar-refractivity contribution in [3.05, 3.63) is 36.0 Å². The molecule has 3 rings (SSSR count). The average Bonchev–Trinajstić information content (AvgIpc) is 3.20. The van der Waals surface area contributed by atoms with Crippen molar-refractivity contribution in [2.75, 3.05) is 18.5 Å². The van der Waals surface area contributed by atoms with Crippen molar-refractivity contribution >= 4 is 11.7 Å². The molecule has 28 heavy (non-hydrogen) atoms. The lowest BCUT2D eigenvalue weighted by atomic mass is 9.83. The van der Waals surface area contributed by atoms with E-state index in [1.807, 2.05) is 19.2 Å². The maximum absolute atomic E-state index is 12.7. The molecule has 1 fully saturated rings. The van der Waals surface area contributed by atoms with Gasteiger partial charge in [0.15, 0.2) is 0 Å². The largest absolute Gasteiger partial charge is 0.376 e. The van der Waals surface area contributed by atoms with Gasteiger partial charge in [0, 0.05) is 37.0 Å². The zero-order chi connectivity index (χ0) is 19.8. The van der Waals surface area contributed by atoms with Crippen LogP contribution in [0.2, 0.25) is 0 Å². The summed E-state index contributed by atoms with van der Waals surface area (Å²) in [5.74, 6) is 0.873. The van der Waals surface area contributed by atoms with Crippen LogP contribution in [-0.4, -0.2) is 51.4 Å². The fourth-order valence-electron chi connectivity index (χ4n) is 3.61. The SMILES string of the molecule is CCCO[C@@H]1CC[C@H](C(=O)NCCc2cn[nH]c2)C[C@H]1Nc1cc(C)ncn1. The molecular weight excluding hydrogens is 356 g/mol. The summed E-state index contributed by atoms with van der Waals surface area (Å²) in [6.07, 6.45) is 9.47. The van der Waals surface area contributed by atoms with Crippen LogP contribution in [0, 0.1) is 12.8 Å². The van der Waals surface area contributed by atoms with Crippen LogP contribution >= 0.6 is 0 Å². The van der Waals surface area contributed by atoms with Crippen LogP contribution < -0.4 is 10.6 Å². The van der Waals surface area contributed by atoms with Gasteiger partial charge in [0.05, 0.1) is 18.3 Å². The number of aromatic amines is 1. The van der Waals surface area contributed by atoms with Crippen molar-refractivity contribution in [2.24, 2.45) is 5.92 Å². The van der Waals surface area contributed by atoms with Crippen LogP contribution in [0.5, 0.6) is 0 Å². The number of hydrogen-bond donors (Lipinski definition) is 3. The number of rotatable bonds is 9. The topological polar surface area (TPSA) is 105 Å². The van der Waals surface area contributed by atoms with E-state index in [1.54, 1.807) is 12.5 Å².